The SMILES string of the molecule is c1ccc(-c2cccc([Si](c3ccccc3)(c3ccccc3)c3ccccc3)c2-n2c3ccccc3c3cc(-n4c5ccccc5c5ccccc54)ccc32)cc1. The van der Waals surface area contributed by atoms with E-state index in [1.165, 1.54) is 81.2 Å². The quantitative estimate of drug-likeness (QED) is 0.114. The Kier molecular flexibility index (Phi) is 7.87. The highest BCUT2D eigenvalue weighted by molar-refractivity contribution is 7.20. The maximum atomic E-state index is 2.58. The van der Waals surface area contributed by atoms with Crippen LogP contribution in [-0.2, 0) is 0 Å². The molecular formula is C54H38N2Si. The Balaban J connectivity index is 1.29. The van der Waals surface area contributed by atoms with Crippen molar-refractivity contribution < 1.29 is 0 Å². The summed E-state index contributed by atoms with van der Waals surface area (Å²) in [5.74, 6) is 0. The average Bonchev–Trinajstić information content (AvgIpc) is 3.80. The van der Waals surface area contributed by atoms with Crippen LogP contribution in [0, 0.1) is 0 Å². The molecule has 0 atom stereocenters. The molecule has 3 heteroatoms. The van der Waals surface area contributed by atoms with Crippen LogP contribution in [0.25, 0.3) is 66.1 Å². The minimum absolute atomic E-state index is 1.15. The third kappa shape index (κ3) is 5.10. The van der Waals surface area contributed by atoms with E-state index in [0.29, 0.717) is 0 Å². The molecule has 2 nitrogen and oxygen atoms in total. The number of para-hydroxylation sites is 4. The van der Waals surface area contributed by atoms with Crippen LogP contribution in [0.2, 0.25) is 0 Å². The van der Waals surface area contributed by atoms with Gasteiger partial charge in [-0.2, -0.15) is 0 Å². The maximum Gasteiger partial charge on any atom is 0.181 e. The Morgan fingerprint density at radius 2 is 0.719 bits per heavy atom. The molecule has 57 heavy (non-hydrogen) atoms. The van der Waals surface area contributed by atoms with E-state index < -0.39 is 8.07 Å². The molecule has 0 unspecified atom stereocenters. The molecule has 0 fully saturated rings. The number of benzene rings is 9. The first-order chi connectivity index (χ1) is 28.3. The van der Waals surface area contributed by atoms with Crippen molar-refractivity contribution in [1.82, 2.24) is 9.13 Å². The summed E-state index contributed by atoms with van der Waals surface area (Å²) in [6, 6.07) is 85.4. The highest BCUT2D eigenvalue weighted by Crippen LogP contribution is 2.39. The molecule has 11 aromatic rings. The fourth-order valence-corrected chi connectivity index (χ4v) is 14.5. The minimum atomic E-state index is -2.98. The number of hydrogen-bond acceptors (Lipinski definition) is 0. The number of aromatic nitrogens is 2. The molecule has 0 saturated carbocycles. The molecule has 0 aliphatic rings. The van der Waals surface area contributed by atoms with Crippen LogP contribution in [-0.4, -0.2) is 17.2 Å². The van der Waals surface area contributed by atoms with Gasteiger partial charge in [0.1, 0.15) is 0 Å². The van der Waals surface area contributed by atoms with Crippen molar-refractivity contribution in [3.63, 3.8) is 0 Å². The van der Waals surface area contributed by atoms with Gasteiger partial charge in [0.25, 0.3) is 0 Å². The standard InChI is InChI=1S/C54H38N2Si/c1-5-20-39(21-6-1)44-31-19-35-53(57(41-22-7-2-8-23-41,42-24-9-3-10-25-42)43-26-11-4-12-27-43)54(44)56-51-34-18-15-30-47(51)48-38-40(36-37-52(48)56)55-49-32-16-13-28-45(49)46-29-14-17-33-50(46)55/h1-38H. The number of nitrogens with zero attached hydrogens (tertiary/aromatic N) is 2. The van der Waals surface area contributed by atoms with Crippen molar-refractivity contribution in [1.29, 1.82) is 0 Å². The van der Waals surface area contributed by atoms with E-state index in [2.05, 4.69) is 240 Å². The maximum absolute atomic E-state index is 2.98. The van der Waals surface area contributed by atoms with Crippen LogP contribution in [0.5, 0.6) is 0 Å². The van der Waals surface area contributed by atoms with Gasteiger partial charge in [-0.1, -0.05) is 194 Å². The zero-order chi connectivity index (χ0) is 37.8. The lowest BCUT2D eigenvalue weighted by Crippen LogP contribution is -2.75. The highest BCUT2D eigenvalue weighted by atomic mass is 28.3. The molecule has 268 valence electrons. The second-order valence-electron chi connectivity index (χ2n) is 14.8. The van der Waals surface area contributed by atoms with E-state index in [1.54, 1.807) is 0 Å². The van der Waals surface area contributed by atoms with Crippen LogP contribution in [0.15, 0.2) is 231 Å². The van der Waals surface area contributed by atoms with Gasteiger partial charge in [-0.3, -0.25) is 0 Å². The molecular weight excluding hydrogens is 705 g/mol. The van der Waals surface area contributed by atoms with E-state index >= 15 is 0 Å². The number of hydrogen-bond donors (Lipinski definition) is 0. The molecule has 0 spiro atoms. The Labute approximate surface area is 333 Å². The van der Waals surface area contributed by atoms with Gasteiger partial charge in [-0.15, -0.1) is 0 Å². The molecule has 0 aliphatic carbocycles. The Hall–Kier alpha value is -7.20. The molecule has 0 radical (unpaired) electrons. The Morgan fingerprint density at radius 1 is 0.298 bits per heavy atom. The van der Waals surface area contributed by atoms with Crippen molar-refractivity contribution in [3.05, 3.63) is 231 Å². The lowest BCUT2D eigenvalue weighted by molar-refractivity contribution is 1.17. The van der Waals surface area contributed by atoms with Crippen molar-refractivity contribution in [2.45, 2.75) is 0 Å². The van der Waals surface area contributed by atoms with Crippen molar-refractivity contribution >= 4 is 72.4 Å². The van der Waals surface area contributed by atoms with Gasteiger partial charge in [-0.25, -0.2) is 0 Å². The molecule has 0 amide bonds. The smallest absolute Gasteiger partial charge is 0.181 e. The van der Waals surface area contributed by atoms with Crippen molar-refractivity contribution in [2.75, 3.05) is 0 Å². The van der Waals surface area contributed by atoms with Crippen molar-refractivity contribution in [3.8, 4) is 22.5 Å². The summed E-state index contributed by atoms with van der Waals surface area (Å²) in [6.07, 6.45) is 0. The highest BCUT2D eigenvalue weighted by Gasteiger charge is 2.44. The fourth-order valence-electron chi connectivity index (χ4n) is 9.51. The van der Waals surface area contributed by atoms with Crippen LogP contribution < -0.4 is 20.7 Å². The summed E-state index contributed by atoms with van der Waals surface area (Å²) < 4.78 is 5.01. The van der Waals surface area contributed by atoms with Gasteiger partial charge < -0.3 is 9.13 Å². The average molecular weight is 743 g/mol. The largest absolute Gasteiger partial charge is 0.309 e. The number of rotatable bonds is 7. The normalized spacial score (nSPS) is 11.9. The molecule has 9 aromatic carbocycles. The van der Waals surface area contributed by atoms with Crippen LogP contribution in [0.3, 0.4) is 0 Å². The second kappa shape index (κ2) is 13.5. The number of fused-ring (bicyclic) bond motifs is 6. The van der Waals surface area contributed by atoms with Gasteiger partial charge in [-0.05, 0) is 62.7 Å². The minimum Gasteiger partial charge on any atom is -0.309 e. The first-order valence-electron chi connectivity index (χ1n) is 19.7. The third-order valence-corrected chi connectivity index (χ3v) is 16.7. The predicted octanol–water partition coefficient (Wildman–Crippen LogP) is 10.9. The zero-order valence-electron chi connectivity index (χ0n) is 31.3. The van der Waals surface area contributed by atoms with E-state index in [9.17, 15) is 0 Å². The summed E-state index contributed by atoms with van der Waals surface area (Å²) in [7, 11) is -2.98. The monoisotopic (exact) mass is 742 g/mol. The zero-order valence-corrected chi connectivity index (χ0v) is 32.3. The Morgan fingerprint density at radius 3 is 1.25 bits per heavy atom. The first-order valence-corrected chi connectivity index (χ1v) is 21.7. The summed E-state index contributed by atoms with van der Waals surface area (Å²) in [5.41, 5.74) is 9.58. The van der Waals surface area contributed by atoms with Crippen LogP contribution in [0.4, 0.5) is 0 Å². The molecule has 2 aromatic heterocycles. The second-order valence-corrected chi connectivity index (χ2v) is 18.6. The van der Waals surface area contributed by atoms with E-state index in [-0.39, 0.29) is 0 Å². The predicted molar refractivity (Wildman–Crippen MR) is 244 cm³/mol. The Bertz CT molecular complexity index is 3070. The summed E-state index contributed by atoms with van der Waals surface area (Å²) in [6.45, 7) is 0. The topological polar surface area (TPSA) is 9.86 Å². The molecule has 0 saturated heterocycles. The lowest BCUT2D eigenvalue weighted by atomic mass is 10.0. The van der Waals surface area contributed by atoms with E-state index in [4.69, 9.17) is 0 Å². The van der Waals surface area contributed by atoms with E-state index in [1.807, 2.05) is 0 Å². The van der Waals surface area contributed by atoms with Crippen LogP contribution >= 0.6 is 0 Å². The summed E-state index contributed by atoms with van der Waals surface area (Å²) in [4.78, 5) is 0. The molecule has 0 aliphatic heterocycles. The van der Waals surface area contributed by atoms with Crippen molar-refractivity contribution in [2.24, 2.45) is 0 Å². The molecule has 11 rings (SSSR count). The molecule has 0 bridgehead atoms. The first kappa shape index (κ1) is 33.2. The van der Waals surface area contributed by atoms with Crippen LogP contribution in [0.1, 0.15) is 0 Å². The summed E-state index contributed by atoms with van der Waals surface area (Å²) in [5, 5.41) is 10.4. The summed E-state index contributed by atoms with van der Waals surface area (Å²) >= 11 is 0. The van der Waals surface area contributed by atoms with Gasteiger partial charge >= 0.3 is 0 Å². The van der Waals surface area contributed by atoms with Gasteiger partial charge in [0.05, 0.1) is 27.8 Å². The van der Waals surface area contributed by atoms with Gasteiger partial charge in [0, 0.05) is 32.8 Å². The van der Waals surface area contributed by atoms with Gasteiger partial charge in [0.2, 0.25) is 0 Å². The van der Waals surface area contributed by atoms with E-state index in [0.717, 1.165) is 5.69 Å². The van der Waals surface area contributed by atoms with Gasteiger partial charge in [0.15, 0.2) is 8.07 Å². The lowest BCUT2D eigenvalue weighted by Gasteiger charge is -2.37. The molecule has 0 N–H and O–H groups in total. The molecule has 2 heterocycles. The third-order valence-electron chi connectivity index (χ3n) is 11.9. The fraction of sp³-hybridized carbons (Fsp3) is 0.